The van der Waals surface area contributed by atoms with Crippen molar-refractivity contribution in [1.82, 2.24) is 0 Å². The number of rotatable bonds is 6. The molecule has 5 heteroatoms. The molecule has 4 nitrogen and oxygen atoms in total. The van der Waals surface area contributed by atoms with Crippen molar-refractivity contribution in [2.45, 2.75) is 13.3 Å². The zero-order valence-electron chi connectivity index (χ0n) is 12.2. The predicted octanol–water partition coefficient (Wildman–Crippen LogP) is 4.09. The number of carbonyl (C=O) groups excluding carboxylic acids is 2. The maximum Gasteiger partial charge on any atom is 0.226 e. The SMILES string of the molecule is CC(=O)c1ccc(NCCC(=O)Nc2ccc(Br)cc2)cc1. The Labute approximate surface area is 138 Å². The lowest BCUT2D eigenvalue weighted by atomic mass is 10.1. The molecule has 0 heterocycles. The maximum absolute atomic E-state index is 11.8. The summed E-state index contributed by atoms with van der Waals surface area (Å²) < 4.78 is 0.973. The molecule has 2 rings (SSSR count). The highest BCUT2D eigenvalue weighted by atomic mass is 79.9. The van der Waals surface area contributed by atoms with E-state index >= 15 is 0 Å². The number of hydrogen-bond donors (Lipinski definition) is 2. The van der Waals surface area contributed by atoms with Gasteiger partial charge in [-0.05, 0) is 55.5 Å². The van der Waals surface area contributed by atoms with Crippen molar-refractivity contribution in [3.63, 3.8) is 0 Å². The molecule has 2 N–H and O–H groups in total. The van der Waals surface area contributed by atoms with Crippen molar-refractivity contribution in [3.8, 4) is 0 Å². The van der Waals surface area contributed by atoms with Gasteiger partial charge in [0.1, 0.15) is 0 Å². The van der Waals surface area contributed by atoms with Crippen molar-refractivity contribution in [2.24, 2.45) is 0 Å². The first-order valence-electron chi connectivity index (χ1n) is 6.95. The molecule has 114 valence electrons. The molecule has 1 amide bonds. The molecule has 0 unspecified atom stereocenters. The number of carbonyl (C=O) groups is 2. The smallest absolute Gasteiger partial charge is 0.226 e. The molecule has 0 aromatic heterocycles. The predicted molar refractivity (Wildman–Crippen MR) is 92.3 cm³/mol. The molecular formula is C17H17BrN2O2. The number of anilines is 2. The number of Topliss-reactive ketones (excluding diaryl/α,β-unsaturated/α-hetero) is 1. The average Bonchev–Trinajstić information content (AvgIpc) is 2.50. The number of nitrogens with one attached hydrogen (secondary N) is 2. The van der Waals surface area contributed by atoms with Crippen LogP contribution in [0.25, 0.3) is 0 Å². The lowest BCUT2D eigenvalue weighted by Gasteiger charge is -2.08. The minimum absolute atomic E-state index is 0.0421. The first kappa shape index (κ1) is 16.2. The maximum atomic E-state index is 11.8. The molecule has 0 radical (unpaired) electrons. The number of ketones is 1. The van der Waals surface area contributed by atoms with E-state index in [1.165, 1.54) is 6.92 Å². The van der Waals surface area contributed by atoms with Gasteiger partial charge in [-0.2, -0.15) is 0 Å². The summed E-state index contributed by atoms with van der Waals surface area (Å²) in [4.78, 5) is 23.0. The molecule has 0 bridgehead atoms. The second kappa shape index (κ2) is 7.75. The Morgan fingerprint density at radius 3 is 2.14 bits per heavy atom. The van der Waals surface area contributed by atoms with Gasteiger partial charge < -0.3 is 10.6 Å². The van der Waals surface area contributed by atoms with E-state index in [1.54, 1.807) is 12.1 Å². The molecule has 0 saturated carbocycles. The largest absolute Gasteiger partial charge is 0.385 e. The lowest BCUT2D eigenvalue weighted by Crippen LogP contribution is -2.16. The lowest BCUT2D eigenvalue weighted by molar-refractivity contribution is -0.115. The van der Waals surface area contributed by atoms with Gasteiger partial charge in [-0.3, -0.25) is 9.59 Å². The van der Waals surface area contributed by atoms with Gasteiger partial charge in [0.15, 0.2) is 5.78 Å². The van der Waals surface area contributed by atoms with Gasteiger partial charge in [-0.25, -0.2) is 0 Å². The summed E-state index contributed by atoms with van der Waals surface area (Å²) in [6, 6.07) is 14.7. The van der Waals surface area contributed by atoms with Crippen LogP contribution in [0, 0.1) is 0 Å². The normalized spacial score (nSPS) is 10.1. The third kappa shape index (κ3) is 5.00. The standard InChI is InChI=1S/C17H17BrN2O2/c1-12(21)13-2-6-15(7-3-13)19-11-10-17(22)20-16-8-4-14(18)5-9-16/h2-9,19H,10-11H2,1H3,(H,20,22). The number of benzene rings is 2. The number of amides is 1. The molecule has 0 fully saturated rings. The van der Waals surface area contributed by atoms with Crippen LogP contribution in [0.3, 0.4) is 0 Å². The molecular weight excluding hydrogens is 344 g/mol. The van der Waals surface area contributed by atoms with Gasteiger partial charge in [0.25, 0.3) is 0 Å². The summed E-state index contributed by atoms with van der Waals surface area (Å²) in [6.45, 7) is 2.07. The van der Waals surface area contributed by atoms with Crippen LogP contribution in [-0.4, -0.2) is 18.2 Å². The quantitative estimate of drug-likeness (QED) is 0.762. The van der Waals surface area contributed by atoms with Crippen LogP contribution in [0.4, 0.5) is 11.4 Å². The van der Waals surface area contributed by atoms with Gasteiger partial charge in [0.05, 0.1) is 0 Å². The van der Waals surface area contributed by atoms with Crippen molar-refractivity contribution in [1.29, 1.82) is 0 Å². The fraction of sp³-hybridized carbons (Fsp3) is 0.176. The van der Waals surface area contributed by atoms with Crippen LogP contribution in [0.15, 0.2) is 53.0 Å². The Kier molecular flexibility index (Phi) is 5.72. The zero-order chi connectivity index (χ0) is 15.9. The Hall–Kier alpha value is -2.14. The van der Waals surface area contributed by atoms with Gasteiger partial charge in [0.2, 0.25) is 5.91 Å². The van der Waals surface area contributed by atoms with Crippen LogP contribution >= 0.6 is 15.9 Å². The van der Waals surface area contributed by atoms with Crippen molar-refractivity contribution >= 4 is 39.0 Å². The molecule has 0 saturated heterocycles. The minimum Gasteiger partial charge on any atom is -0.385 e. The molecule has 0 atom stereocenters. The monoisotopic (exact) mass is 360 g/mol. The first-order chi connectivity index (χ1) is 10.5. The second-order valence-electron chi connectivity index (χ2n) is 4.87. The highest BCUT2D eigenvalue weighted by molar-refractivity contribution is 9.10. The number of hydrogen-bond acceptors (Lipinski definition) is 3. The van der Waals surface area contributed by atoms with Crippen molar-refractivity contribution in [2.75, 3.05) is 17.2 Å². The Balaban J connectivity index is 1.77. The minimum atomic E-state index is -0.0461. The molecule has 22 heavy (non-hydrogen) atoms. The highest BCUT2D eigenvalue weighted by Gasteiger charge is 2.03. The fourth-order valence-corrected chi connectivity index (χ4v) is 2.16. The van der Waals surface area contributed by atoms with Crippen molar-refractivity contribution in [3.05, 3.63) is 58.6 Å². The third-order valence-corrected chi connectivity index (χ3v) is 3.63. The van der Waals surface area contributed by atoms with E-state index in [-0.39, 0.29) is 11.7 Å². The molecule has 0 aliphatic heterocycles. The van der Waals surface area contributed by atoms with E-state index in [1.807, 2.05) is 36.4 Å². The van der Waals surface area contributed by atoms with E-state index in [2.05, 4.69) is 26.6 Å². The highest BCUT2D eigenvalue weighted by Crippen LogP contribution is 2.14. The molecule has 0 aliphatic carbocycles. The summed E-state index contributed by atoms with van der Waals surface area (Å²) >= 11 is 3.35. The van der Waals surface area contributed by atoms with Crippen LogP contribution < -0.4 is 10.6 Å². The summed E-state index contributed by atoms with van der Waals surface area (Å²) in [7, 11) is 0. The Morgan fingerprint density at radius 1 is 0.955 bits per heavy atom. The molecule has 2 aromatic rings. The van der Waals surface area contributed by atoms with Gasteiger partial charge in [-0.1, -0.05) is 15.9 Å². The first-order valence-corrected chi connectivity index (χ1v) is 7.74. The van der Waals surface area contributed by atoms with E-state index in [0.717, 1.165) is 15.8 Å². The average molecular weight is 361 g/mol. The Morgan fingerprint density at radius 2 is 1.55 bits per heavy atom. The summed E-state index contributed by atoms with van der Waals surface area (Å²) in [5, 5.41) is 5.99. The molecule has 0 aliphatic rings. The van der Waals surface area contributed by atoms with E-state index in [9.17, 15) is 9.59 Å². The van der Waals surface area contributed by atoms with Crippen LogP contribution in [0.1, 0.15) is 23.7 Å². The molecule has 0 spiro atoms. The fourth-order valence-electron chi connectivity index (χ4n) is 1.90. The van der Waals surface area contributed by atoms with Crippen molar-refractivity contribution < 1.29 is 9.59 Å². The molecule has 2 aromatic carbocycles. The van der Waals surface area contributed by atoms with E-state index in [0.29, 0.717) is 18.5 Å². The Bertz CT molecular complexity index is 651. The third-order valence-electron chi connectivity index (χ3n) is 3.10. The van der Waals surface area contributed by atoms with Gasteiger partial charge >= 0.3 is 0 Å². The topological polar surface area (TPSA) is 58.2 Å². The second-order valence-corrected chi connectivity index (χ2v) is 5.78. The zero-order valence-corrected chi connectivity index (χ0v) is 13.8. The van der Waals surface area contributed by atoms with Gasteiger partial charge in [0, 0.05) is 34.4 Å². The van der Waals surface area contributed by atoms with Crippen LogP contribution in [0.5, 0.6) is 0 Å². The summed E-state index contributed by atoms with van der Waals surface area (Å²) in [5.41, 5.74) is 2.35. The summed E-state index contributed by atoms with van der Waals surface area (Å²) in [5.74, 6) is -0.00407. The van der Waals surface area contributed by atoms with Crippen LogP contribution in [0.2, 0.25) is 0 Å². The van der Waals surface area contributed by atoms with Gasteiger partial charge in [-0.15, -0.1) is 0 Å². The van der Waals surface area contributed by atoms with Crippen LogP contribution in [-0.2, 0) is 4.79 Å². The summed E-state index contributed by atoms with van der Waals surface area (Å²) in [6.07, 6.45) is 0.366. The van der Waals surface area contributed by atoms with E-state index in [4.69, 9.17) is 0 Å². The number of halogens is 1. The van der Waals surface area contributed by atoms with E-state index < -0.39 is 0 Å².